The van der Waals surface area contributed by atoms with Crippen LogP contribution in [0.3, 0.4) is 0 Å². The van der Waals surface area contributed by atoms with Crippen molar-refractivity contribution >= 4 is 11.8 Å². The zero-order valence-electron chi connectivity index (χ0n) is 17.7. The highest BCUT2D eigenvalue weighted by Crippen LogP contribution is 2.39. The fourth-order valence-electron chi connectivity index (χ4n) is 4.29. The number of ketones is 1. The quantitative estimate of drug-likeness (QED) is 0.351. The average molecular weight is 420 g/mol. The highest BCUT2D eigenvalue weighted by molar-refractivity contribution is 5.84. The van der Waals surface area contributed by atoms with Gasteiger partial charge in [-0.15, -0.1) is 0 Å². The van der Waals surface area contributed by atoms with Crippen LogP contribution in [0, 0.1) is 16.7 Å². The number of hydrogen-bond donors (Lipinski definition) is 2. The Kier molecular flexibility index (Phi) is 9.59. The van der Waals surface area contributed by atoms with Crippen LogP contribution in [0.4, 0.5) is 0 Å². The molecule has 0 heterocycles. The molecule has 0 aliphatic heterocycles. The lowest BCUT2D eigenvalue weighted by Crippen LogP contribution is -2.29. The number of ether oxygens (including phenoxy) is 1. The molecule has 1 aromatic rings. The molecule has 2 unspecified atom stereocenters. The Morgan fingerprint density at radius 2 is 1.93 bits per heavy atom. The first kappa shape index (κ1) is 24.2. The van der Waals surface area contributed by atoms with Crippen molar-refractivity contribution in [1.29, 1.82) is 0 Å². The summed E-state index contributed by atoms with van der Waals surface area (Å²) in [5.74, 6) is -1.30. The minimum absolute atomic E-state index is 0.0694. The van der Waals surface area contributed by atoms with E-state index in [0.29, 0.717) is 38.7 Å². The summed E-state index contributed by atoms with van der Waals surface area (Å²) in [6.07, 6.45) is 4.69. The third-order valence-corrected chi connectivity index (χ3v) is 6.06. The largest absolute Gasteiger partial charge is 0.480 e. The second-order valence-electron chi connectivity index (χ2n) is 8.58. The van der Waals surface area contributed by atoms with Crippen LogP contribution < -0.4 is 0 Å². The zero-order chi connectivity index (χ0) is 22.0. The van der Waals surface area contributed by atoms with Crippen molar-refractivity contribution in [1.82, 2.24) is 0 Å². The molecular formula is C23H33NO6. The molecule has 1 fully saturated rings. The summed E-state index contributed by atoms with van der Waals surface area (Å²) in [5.41, 5.74) is 0.300. The number of nitrogens with zero attached hydrogens (tertiary/aromatic N) is 1. The second kappa shape index (κ2) is 11.9. The molecule has 4 atom stereocenters. The lowest BCUT2D eigenvalue weighted by Gasteiger charge is -2.27. The first-order chi connectivity index (χ1) is 14.3. The predicted molar refractivity (Wildman–Crippen MR) is 113 cm³/mol. The number of aryl methyl sites for hydroxylation is 1. The Bertz CT molecular complexity index is 690. The van der Waals surface area contributed by atoms with E-state index in [4.69, 9.17) is 9.84 Å². The average Bonchev–Trinajstić information content (AvgIpc) is 3.03. The number of carbonyl (C=O) groups excluding carboxylic acids is 1. The van der Waals surface area contributed by atoms with Gasteiger partial charge in [-0.2, -0.15) is 4.91 Å². The van der Waals surface area contributed by atoms with Crippen molar-refractivity contribution in [2.45, 2.75) is 69.9 Å². The normalized spacial score (nSPS) is 23.3. The van der Waals surface area contributed by atoms with E-state index >= 15 is 0 Å². The van der Waals surface area contributed by atoms with Crippen LogP contribution in [0.5, 0.6) is 0 Å². The molecule has 7 heteroatoms. The molecule has 166 valence electrons. The number of unbranched alkanes of at least 4 members (excludes halogenated alkanes) is 1. The standard InChI is InChI=1S/C23H33NO6/c1-23(28,12-10-17-7-3-2-4-8-17)13-11-18-19(21(25)15-20(18)24-29)9-5-6-14-30-16-22(26)27/h2-4,7-8,18-20,28H,5-6,9-16H2,1H3,(H,26,27)/t18-,19-,20?,23?/m1/s1. The Balaban J connectivity index is 1.82. The Morgan fingerprint density at radius 1 is 1.20 bits per heavy atom. The Labute approximate surface area is 177 Å². The van der Waals surface area contributed by atoms with Gasteiger partial charge in [0.25, 0.3) is 0 Å². The van der Waals surface area contributed by atoms with Gasteiger partial charge in [-0.25, -0.2) is 4.79 Å². The lowest BCUT2D eigenvalue weighted by molar-refractivity contribution is -0.142. The Morgan fingerprint density at radius 3 is 2.60 bits per heavy atom. The lowest BCUT2D eigenvalue weighted by atomic mass is 9.81. The van der Waals surface area contributed by atoms with E-state index in [1.807, 2.05) is 37.3 Å². The third kappa shape index (κ3) is 7.95. The van der Waals surface area contributed by atoms with E-state index in [1.54, 1.807) is 0 Å². The van der Waals surface area contributed by atoms with E-state index < -0.39 is 17.6 Å². The number of carboxylic acid groups (broad SMARTS) is 1. The summed E-state index contributed by atoms with van der Waals surface area (Å²) in [6, 6.07) is 9.47. The zero-order valence-corrected chi connectivity index (χ0v) is 17.7. The van der Waals surface area contributed by atoms with Gasteiger partial charge in [0.1, 0.15) is 18.4 Å². The number of Topliss-reactive ketones (excluding diaryl/α,β-unsaturated/α-hetero) is 1. The maximum absolute atomic E-state index is 12.4. The van der Waals surface area contributed by atoms with Crippen LogP contribution >= 0.6 is 0 Å². The Hall–Kier alpha value is -2.12. The van der Waals surface area contributed by atoms with Crippen molar-refractivity contribution in [3.8, 4) is 0 Å². The third-order valence-electron chi connectivity index (χ3n) is 6.06. The molecule has 30 heavy (non-hydrogen) atoms. The molecule has 1 saturated carbocycles. The number of carboxylic acids is 1. The van der Waals surface area contributed by atoms with Crippen LogP contribution in [0.1, 0.15) is 57.4 Å². The van der Waals surface area contributed by atoms with Crippen molar-refractivity contribution < 1.29 is 24.5 Å². The van der Waals surface area contributed by atoms with Crippen LogP contribution in [-0.2, 0) is 20.7 Å². The van der Waals surface area contributed by atoms with E-state index in [2.05, 4.69) is 5.18 Å². The van der Waals surface area contributed by atoms with Gasteiger partial charge in [-0.3, -0.25) is 4.79 Å². The van der Waals surface area contributed by atoms with E-state index in [0.717, 1.165) is 12.8 Å². The maximum Gasteiger partial charge on any atom is 0.329 e. The monoisotopic (exact) mass is 419 g/mol. The van der Waals surface area contributed by atoms with E-state index in [-0.39, 0.29) is 30.6 Å². The van der Waals surface area contributed by atoms with Crippen molar-refractivity contribution in [3.63, 3.8) is 0 Å². The van der Waals surface area contributed by atoms with Crippen molar-refractivity contribution in [3.05, 3.63) is 40.8 Å². The molecule has 2 N–H and O–H groups in total. The summed E-state index contributed by atoms with van der Waals surface area (Å²) in [7, 11) is 0. The summed E-state index contributed by atoms with van der Waals surface area (Å²) in [4.78, 5) is 34.2. The number of aliphatic carboxylic acids is 1. The van der Waals surface area contributed by atoms with Gasteiger partial charge in [0, 0.05) is 18.9 Å². The number of hydrogen-bond acceptors (Lipinski definition) is 6. The SMILES string of the molecule is CC(O)(CCc1ccccc1)CC[C@H]1C(N=O)CC(=O)[C@@H]1CCCCOCC(=O)O. The van der Waals surface area contributed by atoms with Gasteiger partial charge in [0.2, 0.25) is 0 Å². The van der Waals surface area contributed by atoms with Gasteiger partial charge in [-0.1, -0.05) is 41.9 Å². The van der Waals surface area contributed by atoms with Crippen LogP contribution in [0.25, 0.3) is 0 Å². The summed E-state index contributed by atoms with van der Waals surface area (Å²) in [5, 5.41) is 22.6. The first-order valence-corrected chi connectivity index (χ1v) is 10.7. The van der Waals surface area contributed by atoms with E-state index in [1.165, 1.54) is 5.56 Å². The number of aliphatic hydroxyl groups is 1. The van der Waals surface area contributed by atoms with Crippen LogP contribution in [-0.4, -0.2) is 46.8 Å². The highest BCUT2D eigenvalue weighted by Gasteiger charge is 2.43. The molecule has 0 saturated heterocycles. The molecule has 0 spiro atoms. The van der Waals surface area contributed by atoms with Crippen LogP contribution in [0.15, 0.2) is 35.5 Å². The molecule has 1 aromatic carbocycles. The smallest absolute Gasteiger partial charge is 0.329 e. The molecular weight excluding hydrogens is 386 g/mol. The van der Waals surface area contributed by atoms with Gasteiger partial charge in [-0.05, 0) is 56.9 Å². The molecule has 0 aromatic heterocycles. The number of nitroso groups, excluding NO2 is 1. The minimum Gasteiger partial charge on any atom is -0.480 e. The summed E-state index contributed by atoms with van der Waals surface area (Å²) in [6.45, 7) is 1.83. The van der Waals surface area contributed by atoms with Crippen molar-refractivity contribution in [2.24, 2.45) is 17.0 Å². The second-order valence-corrected chi connectivity index (χ2v) is 8.58. The molecule has 0 amide bonds. The van der Waals surface area contributed by atoms with Gasteiger partial charge < -0.3 is 14.9 Å². The molecule has 2 rings (SSSR count). The van der Waals surface area contributed by atoms with Gasteiger partial charge >= 0.3 is 5.97 Å². The van der Waals surface area contributed by atoms with Gasteiger partial charge in [0.15, 0.2) is 0 Å². The molecule has 0 radical (unpaired) electrons. The van der Waals surface area contributed by atoms with Gasteiger partial charge in [0.05, 0.1) is 5.60 Å². The number of benzene rings is 1. The fraction of sp³-hybridized carbons (Fsp3) is 0.652. The first-order valence-electron chi connectivity index (χ1n) is 10.7. The minimum atomic E-state index is -1.000. The molecule has 0 bridgehead atoms. The predicted octanol–water partition coefficient (Wildman–Crippen LogP) is 3.76. The van der Waals surface area contributed by atoms with Crippen molar-refractivity contribution in [2.75, 3.05) is 13.2 Å². The fourth-order valence-corrected chi connectivity index (χ4v) is 4.29. The number of carbonyl (C=O) groups is 2. The molecule has 1 aliphatic rings. The highest BCUT2D eigenvalue weighted by atomic mass is 16.5. The summed E-state index contributed by atoms with van der Waals surface area (Å²) >= 11 is 0. The molecule has 7 nitrogen and oxygen atoms in total. The van der Waals surface area contributed by atoms with Crippen LogP contribution in [0.2, 0.25) is 0 Å². The topological polar surface area (TPSA) is 113 Å². The maximum atomic E-state index is 12.4. The number of rotatable bonds is 14. The molecule has 1 aliphatic carbocycles. The van der Waals surface area contributed by atoms with E-state index in [9.17, 15) is 19.6 Å². The summed E-state index contributed by atoms with van der Waals surface area (Å²) < 4.78 is 5.03.